The smallest absolute Gasteiger partial charge is 0.124 e. The summed E-state index contributed by atoms with van der Waals surface area (Å²) < 4.78 is 33.8. The lowest BCUT2D eigenvalue weighted by Gasteiger charge is -1.77. The Morgan fingerprint density at radius 2 is 2.12 bits per heavy atom. The van der Waals surface area contributed by atoms with Crippen molar-refractivity contribution in [1.82, 2.24) is 0 Å². The number of allylic oxidation sites excluding steroid dienone is 3. The Bertz CT molecular complexity index is 104. The molecule has 0 aliphatic rings. The zero-order valence-electron chi connectivity index (χ0n) is 4.07. The Morgan fingerprint density at radius 3 is 2.50 bits per heavy atom. The van der Waals surface area contributed by atoms with Crippen LogP contribution in [0.3, 0.4) is 0 Å². The van der Waals surface area contributed by atoms with Crippen LogP contribution in [0.4, 0.5) is 13.2 Å². The van der Waals surface area contributed by atoms with Crippen LogP contribution in [-0.4, -0.2) is 6.67 Å². The predicted molar refractivity (Wildman–Crippen MR) is 25.4 cm³/mol. The maximum Gasteiger partial charge on any atom is 0.124 e. The minimum Gasteiger partial charge on any atom is -0.246 e. The van der Waals surface area contributed by atoms with Gasteiger partial charge in [0.2, 0.25) is 0 Å². The third kappa shape index (κ3) is 3.46. The van der Waals surface area contributed by atoms with E-state index in [1.165, 1.54) is 0 Å². The molecule has 0 atom stereocenters. The number of hydrogen-bond acceptors (Lipinski definition) is 0. The summed E-state index contributed by atoms with van der Waals surface area (Å²) in [5.41, 5.74) is 0. The van der Waals surface area contributed by atoms with E-state index in [0.717, 1.165) is 0 Å². The second-order valence-corrected chi connectivity index (χ2v) is 1.04. The summed E-state index contributed by atoms with van der Waals surface area (Å²) >= 11 is 0. The summed E-state index contributed by atoms with van der Waals surface area (Å²) in [6.45, 7) is -0.907. The van der Waals surface area contributed by atoms with Crippen molar-refractivity contribution in [2.45, 2.75) is 0 Å². The van der Waals surface area contributed by atoms with Gasteiger partial charge < -0.3 is 0 Å². The van der Waals surface area contributed by atoms with E-state index < -0.39 is 12.5 Å². The summed E-state index contributed by atoms with van der Waals surface area (Å²) in [6, 6.07) is 0. The van der Waals surface area contributed by atoms with E-state index in [9.17, 15) is 13.2 Å². The Balaban J connectivity index is 3.61. The van der Waals surface area contributed by atoms with Gasteiger partial charge in [0, 0.05) is 6.08 Å². The van der Waals surface area contributed by atoms with Gasteiger partial charge in [0.1, 0.15) is 12.5 Å². The van der Waals surface area contributed by atoms with Crippen molar-refractivity contribution in [3.05, 3.63) is 24.3 Å². The molecule has 0 aliphatic heterocycles. The first-order chi connectivity index (χ1) is 3.81. The van der Waals surface area contributed by atoms with E-state index in [0.29, 0.717) is 12.2 Å². The molecule has 0 unspecified atom stereocenters. The van der Waals surface area contributed by atoms with E-state index in [2.05, 4.69) is 0 Å². The molecule has 0 saturated heterocycles. The average molecular weight is 122 g/mol. The molecule has 0 nitrogen and oxygen atoms in total. The van der Waals surface area contributed by atoms with E-state index in [4.69, 9.17) is 0 Å². The van der Waals surface area contributed by atoms with E-state index >= 15 is 0 Å². The molecule has 0 bridgehead atoms. The quantitative estimate of drug-likeness (QED) is 0.493. The summed E-state index contributed by atoms with van der Waals surface area (Å²) in [5, 5.41) is 0. The fraction of sp³-hybridized carbons (Fsp3) is 0.200. The lowest BCUT2D eigenvalue weighted by molar-refractivity contribution is 0.547. The van der Waals surface area contributed by atoms with Crippen LogP contribution in [0.25, 0.3) is 0 Å². The lowest BCUT2D eigenvalue weighted by Crippen LogP contribution is -1.66. The first-order valence-electron chi connectivity index (χ1n) is 1.99. The second-order valence-electron chi connectivity index (χ2n) is 1.04. The highest BCUT2D eigenvalue weighted by atomic mass is 19.1. The van der Waals surface area contributed by atoms with Crippen molar-refractivity contribution >= 4 is 0 Å². The molecule has 0 amide bonds. The van der Waals surface area contributed by atoms with Crippen molar-refractivity contribution < 1.29 is 13.2 Å². The normalized spacial score (nSPS) is 13.1. The Morgan fingerprint density at radius 1 is 1.50 bits per heavy atom. The van der Waals surface area contributed by atoms with Gasteiger partial charge in [-0.15, -0.1) is 0 Å². The van der Waals surface area contributed by atoms with Gasteiger partial charge in [-0.25, -0.2) is 13.2 Å². The van der Waals surface area contributed by atoms with Crippen molar-refractivity contribution in [2.75, 3.05) is 6.67 Å². The molecule has 0 aliphatic carbocycles. The summed E-state index contributed by atoms with van der Waals surface area (Å²) in [4.78, 5) is 0. The standard InChI is InChI=1S/C5H5F3/c6-3-1-5(8)2-4-7/h1-3H,4H2/b3-1+,5-2+. The fourth-order valence-corrected chi connectivity index (χ4v) is 0.202. The molecule has 0 aromatic rings. The predicted octanol–water partition coefficient (Wildman–Crippen LogP) is 2.29. The van der Waals surface area contributed by atoms with Gasteiger partial charge in [-0.3, -0.25) is 0 Å². The van der Waals surface area contributed by atoms with E-state index in [1.807, 2.05) is 0 Å². The molecule has 8 heavy (non-hydrogen) atoms. The maximum absolute atomic E-state index is 11.7. The number of rotatable bonds is 2. The van der Waals surface area contributed by atoms with Crippen LogP contribution in [-0.2, 0) is 0 Å². The number of halogens is 3. The van der Waals surface area contributed by atoms with Crippen LogP contribution < -0.4 is 0 Å². The molecule has 0 N–H and O–H groups in total. The van der Waals surface area contributed by atoms with E-state index in [1.54, 1.807) is 0 Å². The second kappa shape index (κ2) is 4.43. The van der Waals surface area contributed by atoms with Crippen molar-refractivity contribution in [3.8, 4) is 0 Å². The van der Waals surface area contributed by atoms with Gasteiger partial charge in [-0.1, -0.05) is 0 Å². The minimum absolute atomic E-state index is 0.0154. The van der Waals surface area contributed by atoms with Crippen molar-refractivity contribution in [2.24, 2.45) is 0 Å². The molecule has 0 radical (unpaired) electrons. The largest absolute Gasteiger partial charge is 0.246 e. The SMILES string of the molecule is F/C=C/C(F)=C\CF. The zero-order chi connectivity index (χ0) is 6.41. The van der Waals surface area contributed by atoms with Crippen molar-refractivity contribution in [3.63, 3.8) is 0 Å². The molecule has 0 heterocycles. The first-order valence-corrected chi connectivity index (χ1v) is 1.99. The van der Waals surface area contributed by atoms with Gasteiger partial charge in [0.25, 0.3) is 0 Å². The third-order valence-corrected chi connectivity index (χ3v) is 0.494. The minimum atomic E-state index is -0.907. The maximum atomic E-state index is 11.7. The Kier molecular flexibility index (Phi) is 4.03. The molecule has 0 aromatic heterocycles. The molecular formula is C5H5F3. The van der Waals surface area contributed by atoms with Gasteiger partial charge in [-0.2, -0.15) is 0 Å². The molecule has 0 fully saturated rings. The Labute approximate surface area is 45.3 Å². The molecule has 0 saturated carbocycles. The van der Waals surface area contributed by atoms with Crippen LogP contribution in [0, 0.1) is 0 Å². The third-order valence-electron chi connectivity index (χ3n) is 0.494. The molecule has 3 heteroatoms. The fourth-order valence-electron chi connectivity index (χ4n) is 0.202. The zero-order valence-corrected chi connectivity index (χ0v) is 4.07. The summed E-state index contributed by atoms with van der Waals surface area (Å²) in [6.07, 6.45) is 1.19. The molecule has 0 aromatic carbocycles. The molecule has 46 valence electrons. The highest BCUT2D eigenvalue weighted by molar-refractivity contribution is 5.08. The van der Waals surface area contributed by atoms with Gasteiger partial charge in [-0.05, 0) is 6.08 Å². The highest BCUT2D eigenvalue weighted by Gasteiger charge is 1.82. The average Bonchev–Trinajstić information content (AvgIpc) is 1.68. The summed E-state index contributed by atoms with van der Waals surface area (Å²) in [5.74, 6) is -0.894. The van der Waals surface area contributed by atoms with Crippen LogP contribution in [0.2, 0.25) is 0 Å². The van der Waals surface area contributed by atoms with E-state index in [-0.39, 0.29) is 6.33 Å². The topological polar surface area (TPSA) is 0 Å². The highest BCUT2D eigenvalue weighted by Crippen LogP contribution is 1.97. The number of hydrogen-bond donors (Lipinski definition) is 0. The lowest BCUT2D eigenvalue weighted by atomic mass is 10.5. The Hall–Kier alpha value is -0.730. The van der Waals surface area contributed by atoms with Crippen LogP contribution in [0.15, 0.2) is 24.3 Å². The summed E-state index contributed by atoms with van der Waals surface area (Å²) in [7, 11) is 0. The van der Waals surface area contributed by atoms with Crippen molar-refractivity contribution in [1.29, 1.82) is 0 Å². The van der Waals surface area contributed by atoms with Gasteiger partial charge >= 0.3 is 0 Å². The monoisotopic (exact) mass is 122 g/mol. The number of alkyl halides is 1. The van der Waals surface area contributed by atoms with Gasteiger partial charge in [0.05, 0.1) is 6.33 Å². The molecular weight excluding hydrogens is 117 g/mol. The van der Waals surface area contributed by atoms with Crippen LogP contribution in [0.1, 0.15) is 0 Å². The van der Waals surface area contributed by atoms with Crippen LogP contribution >= 0.6 is 0 Å². The first kappa shape index (κ1) is 7.27. The molecule has 0 rings (SSSR count). The van der Waals surface area contributed by atoms with Crippen LogP contribution in [0.5, 0.6) is 0 Å². The molecule has 0 spiro atoms. The van der Waals surface area contributed by atoms with Gasteiger partial charge in [0.15, 0.2) is 0 Å².